The molecule has 3 heteroatoms. The topological polar surface area (TPSA) is 37.4 Å². The average molecular weight is 305 g/mol. The molecule has 2 aromatic carbocycles. The highest BCUT2D eigenvalue weighted by molar-refractivity contribution is 6.21. The van der Waals surface area contributed by atoms with Gasteiger partial charge in [-0.2, -0.15) is 0 Å². The minimum Gasteiger partial charge on any atom is -0.274 e. The second kappa shape index (κ2) is 5.34. The third kappa shape index (κ3) is 2.37. The molecule has 0 saturated heterocycles. The maximum atomic E-state index is 12.5. The van der Waals surface area contributed by atoms with Crippen molar-refractivity contribution in [3.05, 3.63) is 70.3 Å². The van der Waals surface area contributed by atoms with Crippen LogP contribution in [-0.4, -0.2) is 23.3 Å². The minimum absolute atomic E-state index is 0.139. The summed E-state index contributed by atoms with van der Waals surface area (Å²) in [7, 11) is 0. The van der Waals surface area contributed by atoms with Gasteiger partial charge in [0.1, 0.15) is 0 Å². The first-order chi connectivity index (χ1) is 11.1. The molecule has 4 rings (SSSR count). The van der Waals surface area contributed by atoms with Crippen LogP contribution in [0.4, 0.5) is 0 Å². The van der Waals surface area contributed by atoms with Crippen LogP contribution in [0.5, 0.6) is 0 Å². The quantitative estimate of drug-likeness (QED) is 0.798. The van der Waals surface area contributed by atoms with Crippen LogP contribution in [0.3, 0.4) is 0 Å². The Bertz CT molecular complexity index is 774. The van der Waals surface area contributed by atoms with E-state index in [1.54, 1.807) is 12.1 Å². The Hall–Kier alpha value is -2.42. The fourth-order valence-corrected chi connectivity index (χ4v) is 3.78. The smallest absolute Gasteiger partial charge is 0.261 e. The number of carbonyl (C=O) groups excluding carboxylic acids is 2. The first-order valence-corrected chi connectivity index (χ1v) is 8.17. The zero-order chi connectivity index (χ0) is 16.0. The van der Waals surface area contributed by atoms with Gasteiger partial charge in [0, 0.05) is 6.54 Å². The summed E-state index contributed by atoms with van der Waals surface area (Å²) in [5, 5.41) is 0. The van der Waals surface area contributed by atoms with Crippen LogP contribution in [0.15, 0.2) is 42.5 Å². The Kier molecular flexibility index (Phi) is 3.29. The van der Waals surface area contributed by atoms with Crippen LogP contribution in [0.1, 0.15) is 43.8 Å². The second-order valence-corrected chi connectivity index (χ2v) is 6.65. The van der Waals surface area contributed by atoms with Crippen LogP contribution in [0.25, 0.3) is 0 Å². The molecule has 0 fully saturated rings. The van der Waals surface area contributed by atoms with E-state index in [-0.39, 0.29) is 11.8 Å². The lowest BCUT2D eigenvalue weighted by Crippen LogP contribution is -2.36. The molecule has 0 radical (unpaired) electrons. The van der Waals surface area contributed by atoms with E-state index in [1.807, 2.05) is 12.1 Å². The van der Waals surface area contributed by atoms with Crippen molar-refractivity contribution in [3.8, 4) is 0 Å². The van der Waals surface area contributed by atoms with Crippen molar-refractivity contribution in [3.63, 3.8) is 0 Å². The zero-order valence-electron chi connectivity index (χ0n) is 13.2. The second-order valence-electron chi connectivity index (χ2n) is 6.65. The summed E-state index contributed by atoms with van der Waals surface area (Å²) >= 11 is 0. The third-order valence-electron chi connectivity index (χ3n) is 5.01. The van der Waals surface area contributed by atoms with E-state index in [9.17, 15) is 9.59 Å². The summed E-state index contributed by atoms with van der Waals surface area (Å²) in [5.41, 5.74) is 5.17. The molecule has 2 amide bonds. The van der Waals surface area contributed by atoms with Crippen LogP contribution in [0.2, 0.25) is 0 Å². The molecule has 3 nitrogen and oxygen atoms in total. The minimum atomic E-state index is -0.139. The monoisotopic (exact) mass is 305 g/mol. The van der Waals surface area contributed by atoms with Crippen molar-refractivity contribution < 1.29 is 9.59 Å². The van der Waals surface area contributed by atoms with Gasteiger partial charge in [-0.1, -0.05) is 35.9 Å². The highest BCUT2D eigenvalue weighted by Crippen LogP contribution is 2.30. The number of aryl methyl sites for hydroxylation is 2. The normalized spacial score (nSPS) is 19.7. The average Bonchev–Trinajstić information content (AvgIpc) is 2.80. The van der Waals surface area contributed by atoms with Crippen molar-refractivity contribution in [1.29, 1.82) is 0 Å². The molecule has 2 aliphatic rings. The van der Waals surface area contributed by atoms with Crippen LogP contribution in [-0.2, 0) is 12.8 Å². The number of carbonyl (C=O) groups is 2. The summed E-state index contributed by atoms with van der Waals surface area (Å²) in [4.78, 5) is 26.4. The van der Waals surface area contributed by atoms with Crippen LogP contribution < -0.4 is 0 Å². The summed E-state index contributed by atoms with van der Waals surface area (Å²) in [6, 6.07) is 13.7. The summed E-state index contributed by atoms with van der Waals surface area (Å²) in [6.45, 7) is 2.64. The lowest BCUT2D eigenvalue weighted by atomic mass is 9.83. The predicted octanol–water partition coefficient (Wildman–Crippen LogP) is 3.40. The molecule has 0 saturated carbocycles. The van der Waals surface area contributed by atoms with Gasteiger partial charge >= 0.3 is 0 Å². The Labute approximate surface area is 135 Å². The van der Waals surface area contributed by atoms with Crippen molar-refractivity contribution in [2.24, 2.45) is 5.92 Å². The molecule has 0 unspecified atom stereocenters. The van der Waals surface area contributed by atoms with E-state index in [0.717, 1.165) is 19.3 Å². The molecule has 1 atom stereocenters. The maximum absolute atomic E-state index is 12.5. The molecule has 0 spiro atoms. The van der Waals surface area contributed by atoms with Gasteiger partial charge in [0.05, 0.1) is 11.1 Å². The Morgan fingerprint density at radius 1 is 1.00 bits per heavy atom. The number of imide groups is 1. The molecule has 0 aromatic heterocycles. The van der Waals surface area contributed by atoms with Crippen LogP contribution in [0, 0.1) is 12.8 Å². The van der Waals surface area contributed by atoms with Crippen LogP contribution >= 0.6 is 0 Å². The number of hydrogen-bond donors (Lipinski definition) is 0. The Morgan fingerprint density at radius 3 is 2.39 bits per heavy atom. The molecule has 116 valence electrons. The fraction of sp³-hybridized carbons (Fsp3) is 0.300. The number of amides is 2. The highest BCUT2D eigenvalue weighted by Gasteiger charge is 2.36. The van der Waals surface area contributed by atoms with Gasteiger partial charge in [-0.25, -0.2) is 0 Å². The molecule has 0 N–H and O–H groups in total. The molecule has 1 aliphatic carbocycles. The van der Waals surface area contributed by atoms with E-state index in [4.69, 9.17) is 0 Å². The number of benzene rings is 2. The first kappa shape index (κ1) is 14.2. The largest absolute Gasteiger partial charge is 0.274 e. The van der Waals surface area contributed by atoms with Crippen molar-refractivity contribution >= 4 is 11.8 Å². The highest BCUT2D eigenvalue weighted by atomic mass is 16.2. The van der Waals surface area contributed by atoms with Gasteiger partial charge in [0.15, 0.2) is 0 Å². The van der Waals surface area contributed by atoms with Gasteiger partial charge in [0.25, 0.3) is 11.8 Å². The van der Waals surface area contributed by atoms with Gasteiger partial charge in [-0.15, -0.1) is 0 Å². The molecule has 23 heavy (non-hydrogen) atoms. The van der Waals surface area contributed by atoms with Gasteiger partial charge < -0.3 is 0 Å². The van der Waals surface area contributed by atoms with E-state index in [1.165, 1.54) is 21.6 Å². The predicted molar refractivity (Wildman–Crippen MR) is 88.5 cm³/mol. The van der Waals surface area contributed by atoms with E-state index in [2.05, 4.69) is 25.1 Å². The SMILES string of the molecule is Cc1ccc2c(c1)CC[C@H](CN1C(=O)c3ccccc3C1=O)C2. The number of nitrogens with zero attached hydrogens (tertiary/aromatic N) is 1. The van der Waals surface area contributed by atoms with Gasteiger partial charge in [-0.3, -0.25) is 14.5 Å². The molecular formula is C20H19NO2. The molecular weight excluding hydrogens is 286 g/mol. The van der Waals surface area contributed by atoms with Gasteiger partial charge in [-0.05, 0) is 55.4 Å². The van der Waals surface area contributed by atoms with Gasteiger partial charge in [0.2, 0.25) is 0 Å². The summed E-state index contributed by atoms with van der Waals surface area (Å²) in [6.07, 6.45) is 3.01. The fourth-order valence-electron chi connectivity index (χ4n) is 3.78. The van der Waals surface area contributed by atoms with E-state index < -0.39 is 0 Å². The summed E-state index contributed by atoms with van der Waals surface area (Å²) < 4.78 is 0. The number of fused-ring (bicyclic) bond motifs is 2. The van der Waals surface area contributed by atoms with E-state index >= 15 is 0 Å². The molecule has 0 bridgehead atoms. The molecule has 2 aromatic rings. The maximum Gasteiger partial charge on any atom is 0.261 e. The van der Waals surface area contributed by atoms with Crippen molar-refractivity contribution in [2.75, 3.05) is 6.54 Å². The molecule has 1 aliphatic heterocycles. The van der Waals surface area contributed by atoms with E-state index in [0.29, 0.717) is 23.6 Å². The lowest BCUT2D eigenvalue weighted by Gasteiger charge is -2.28. The zero-order valence-corrected chi connectivity index (χ0v) is 13.2. The standard InChI is InChI=1S/C20H19NO2/c1-13-6-8-16-11-14(7-9-15(16)10-13)12-21-19(22)17-4-2-3-5-18(17)20(21)23/h2-6,8,10,14H,7,9,11-12H2,1H3/t14-/m0/s1. The Balaban J connectivity index is 1.53. The Morgan fingerprint density at radius 2 is 1.70 bits per heavy atom. The molecule has 1 heterocycles. The lowest BCUT2D eigenvalue weighted by molar-refractivity contribution is 0.0624. The third-order valence-corrected chi connectivity index (χ3v) is 5.01. The van der Waals surface area contributed by atoms with Crippen molar-refractivity contribution in [1.82, 2.24) is 4.90 Å². The number of rotatable bonds is 2. The van der Waals surface area contributed by atoms with Crippen molar-refractivity contribution in [2.45, 2.75) is 26.2 Å². The number of hydrogen-bond acceptors (Lipinski definition) is 2. The first-order valence-electron chi connectivity index (χ1n) is 8.17. The summed E-state index contributed by atoms with van der Waals surface area (Å²) in [5.74, 6) is 0.0769.